The average molecular weight is 396 g/mol. The van der Waals surface area contributed by atoms with E-state index in [1.54, 1.807) is 29.0 Å². The van der Waals surface area contributed by atoms with Gasteiger partial charge < -0.3 is 5.32 Å². The van der Waals surface area contributed by atoms with Crippen molar-refractivity contribution >= 4 is 38.4 Å². The van der Waals surface area contributed by atoms with Crippen LogP contribution < -0.4 is 5.32 Å². The molecule has 0 unspecified atom stereocenters. The van der Waals surface area contributed by atoms with Crippen molar-refractivity contribution in [1.29, 1.82) is 0 Å². The fourth-order valence-corrected chi connectivity index (χ4v) is 5.84. The molecule has 0 saturated heterocycles. The van der Waals surface area contributed by atoms with E-state index in [9.17, 15) is 17.6 Å². The van der Waals surface area contributed by atoms with Crippen molar-refractivity contribution in [2.24, 2.45) is 0 Å². The summed E-state index contributed by atoms with van der Waals surface area (Å²) in [5.41, 5.74) is 0.432. The molecule has 1 aromatic carbocycles. The zero-order valence-corrected chi connectivity index (χ0v) is 15.3. The molecule has 0 aliphatic heterocycles. The lowest BCUT2D eigenvalue weighted by molar-refractivity contribution is 0.0957. The number of nitrogens with one attached hydrogen (secondary N) is 1. The highest BCUT2D eigenvalue weighted by Gasteiger charge is 2.30. The van der Waals surface area contributed by atoms with Gasteiger partial charge in [0.2, 0.25) is 0 Å². The molecule has 1 atom stereocenters. The quantitative estimate of drug-likeness (QED) is 0.689. The van der Waals surface area contributed by atoms with Crippen molar-refractivity contribution in [1.82, 2.24) is 5.32 Å². The van der Waals surface area contributed by atoms with Gasteiger partial charge in [0.05, 0.1) is 4.88 Å². The molecule has 0 aliphatic carbocycles. The van der Waals surface area contributed by atoms with Crippen molar-refractivity contribution in [3.8, 4) is 0 Å². The van der Waals surface area contributed by atoms with Gasteiger partial charge in [0.25, 0.3) is 5.91 Å². The second-order valence-electron chi connectivity index (χ2n) is 5.20. The SMILES string of the molecule is O=C(NC[C@H](c1ccc(F)cc1)S(=O)(=O)c1cccs1)c1cccs1. The molecule has 0 fully saturated rings. The maximum atomic E-state index is 13.2. The van der Waals surface area contributed by atoms with Gasteiger partial charge in [-0.1, -0.05) is 24.3 Å². The smallest absolute Gasteiger partial charge is 0.261 e. The highest BCUT2D eigenvalue weighted by Crippen LogP contribution is 2.31. The predicted octanol–water partition coefficient (Wildman–Crippen LogP) is 3.89. The molecular formula is C17H14FNO3S3. The average Bonchev–Trinajstić information content (AvgIpc) is 3.30. The van der Waals surface area contributed by atoms with Gasteiger partial charge in [-0.3, -0.25) is 4.79 Å². The van der Waals surface area contributed by atoms with E-state index in [-0.39, 0.29) is 16.7 Å². The first-order valence-corrected chi connectivity index (χ1v) is 10.6. The summed E-state index contributed by atoms with van der Waals surface area (Å²) in [6, 6.07) is 11.9. The number of benzene rings is 1. The number of rotatable bonds is 6. The first-order chi connectivity index (χ1) is 12.0. The van der Waals surface area contributed by atoms with Gasteiger partial charge in [0.15, 0.2) is 9.84 Å². The van der Waals surface area contributed by atoms with E-state index in [0.717, 1.165) is 11.3 Å². The molecule has 0 radical (unpaired) electrons. The van der Waals surface area contributed by atoms with Crippen LogP contribution in [0.5, 0.6) is 0 Å². The highest BCUT2D eigenvalue weighted by molar-refractivity contribution is 7.93. The number of hydrogen-bond donors (Lipinski definition) is 1. The summed E-state index contributed by atoms with van der Waals surface area (Å²) in [6.07, 6.45) is 0. The molecule has 0 bridgehead atoms. The number of halogens is 1. The predicted molar refractivity (Wildman–Crippen MR) is 97.3 cm³/mol. The molecule has 2 heterocycles. The first-order valence-electron chi connectivity index (χ1n) is 7.33. The monoisotopic (exact) mass is 395 g/mol. The number of hydrogen-bond acceptors (Lipinski definition) is 5. The molecule has 2 aromatic heterocycles. The third-order valence-electron chi connectivity index (χ3n) is 3.58. The fraction of sp³-hybridized carbons (Fsp3) is 0.118. The van der Waals surface area contributed by atoms with Crippen LogP contribution in [0.1, 0.15) is 20.5 Å². The van der Waals surface area contributed by atoms with Crippen LogP contribution >= 0.6 is 22.7 Å². The first kappa shape index (κ1) is 17.8. The Morgan fingerprint density at radius 2 is 1.72 bits per heavy atom. The van der Waals surface area contributed by atoms with Crippen LogP contribution in [0.3, 0.4) is 0 Å². The second-order valence-corrected chi connectivity index (χ2v) is 9.46. The van der Waals surface area contributed by atoms with Crippen molar-refractivity contribution in [2.45, 2.75) is 9.46 Å². The minimum absolute atomic E-state index is 0.0946. The van der Waals surface area contributed by atoms with E-state index in [1.807, 2.05) is 0 Å². The standard InChI is InChI=1S/C17H14FNO3S3/c18-13-7-5-12(6-8-13)15(25(21,22)16-4-2-10-24-16)11-19-17(20)14-3-1-9-23-14/h1-10,15H,11H2,(H,19,20)/t15-/m1/s1. The lowest BCUT2D eigenvalue weighted by Gasteiger charge is -2.18. The molecule has 3 rings (SSSR count). The molecule has 1 N–H and O–H groups in total. The molecule has 0 aliphatic rings. The third-order valence-corrected chi connectivity index (χ3v) is 7.99. The summed E-state index contributed by atoms with van der Waals surface area (Å²) in [6.45, 7) is -0.0946. The zero-order valence-electron chi connectivity index (χ0n) is 12.9. The van der Waals surface area contributed by atoms with Crippen LogP contribution in [-0.2, 0) is 9.84 Å². The normalized spacial score (nSPS) is 12.7. The highest BCUT2D eigenvalue weighted by atomic mass is 32.2. The Hall–Kier alpha value is -2.03. The van der Waals surface area contributed by atoms with E-state index >= 15 is 0 Å². The summed E-state index contributed by atoms with van der Waals surface area (Å²) < 4.78 is 39.3. The van der Waals surface area contributed by atoms with E-state index in [4.69, 9.17) is 0 Å². The van der Waals surface area contributed by atoms with Crippen LogP contribution in [0.4, 0.5) is 4.39 Å². The van der Waals surface area contributed by atoms with Gasteiger partial charge in [-0.05, 0) is 40.6 Å². The Bertz CT molecular complexity index is 934. The molecule has 0 saturated carbocycles. The number of carbonyl (C=O) groups is 1. The molecule has 3 aromatic rings. The lowest BCUT2D eigenvalue weighted by Crippen LogP contribution is -2.31. The largest absolute Gasteiger partial charge is 0.350 e. The Morgan fingerprint density at radius 3 is 2.32 bits per heavy atom. The van der Waals surface area contributed by atoms with Gasteiger partial charge in [-0.2, -0.15) is 0 Å². The molecule has 25 heavy (non-hydrogen) atoms. The second kappa shape index (κ2) is 7.47. The van der Waals surface area contributed by atoms with E-state index in [2.05, 4.69) is 5.32 Å². The Morgan fingerprint density at radius 1 is 1.04 bits per heavy atom. The summed E-state index contributed by atoms with van der Waals surface area (Å²) >= 11 is 2.39. The summed E-state index contributed by atoms with van der Waals surface area (Å²) in [5, 5.41) is 5.13. The van der Waals surface area contributed by atoms with Gasteiger partial charge in [0.1, 0.15) is 15.3 Å². The van der Waals surface area contributed by atoms with Gasteiger partial charge in [-0.15, -0.1) is 22.7 Å². The summed E-state index contributed by atoms with van der Waals surface area (Å²) in [7, 11) is -3.70. The van der Waals surface area contributed by atoms with Crippen LogP contribution in [-0.4, -0.2) is 20.9 Å². The zero-order chi connectivity index (χ0) is 17.9. The molecular weight excluding hydrogens is 381 g/mol. The van der Waals surface area contributed by atoms with Crippen molar-refractivity contribution in [2.75, 3.05) is 6.54 Å². The lowest BCUT2D eigenvalue weighted by atomic mass is 10.1. The molecule has 1 amide bonds. The molecule has 0 spiro atoms. The van der Waals surface area contributed by atoms with Gasteiger partial charge >= 0.3 is 0 Å². The third kappa shape index (κ3) is 3.97. The van der Waals surface area contributed by atoms with Crippen LogP contribution in [0, 0.1) is 5.82 Å². The minimum Gasteiger partial charge on any atom is -0.350 e. The maximum Gasteiger partial charge on any atom is 0.261 e. The Labute approximate surface area is 152 Å². The molecule has 8 heteroatoms. The van der Waals surface area contributed by atoms with Gasteiger partial charge in [-0.25, -0.2) is 12.8 Å². The summed E-state index contributed by atoms with van der Waals surface area (Å²) in [5.74, 6) is -0.776. The van der Waals surface area contributed by atoms with Crippen molar-refractivity contribution in [3.05, 3.63) is 75.5 Å². The number of thiophene rings is 2. The Balaban J connectivity index is 1.89. The minimum atomic E-state index is -3.70. The van der Waals surface area contributed by atoms with E-state index < -0.39 is 20.9 Å². The molecule has 4 nitrogen and oxygen atoms in total. The Kier molecular flexibility index (Phi) is 5.31. The van der Waals surface area contributed by atoms with Crippen LogP contribution in [0.25, 0.3) is 0 Å². The van der Waals surface area contributed by atoms with E-state index in [1.165, 1.54) is 41.7 Å². The maximum absolute atomic E-state index is 13.2. The number of amides is 1. The topological polar surface area (TPSA) is 63.2 Å². The van der Waals surface area contributed by atoms with Crippen LogP contribution in [0.15, 0.2) is 63.5 Å². The van der Waals surface area contributed by atoms with Gasteiger partial charge in [0, 0.05) is 6.54 Å². The van der Waals surface area contributed by atoms with E-state index in [0.29, 0.717) is 10.4 Å². The van der Waals surface area contributed by atoms with Crippen molar-refractivity contribution in [3.63, 3.8) is 0 Å². The fourth-order valence-electron chi connectivity index (χ4n) is 2.33. The number of carbonyl (C=O) groups excluding carboxylic acids is 1. The number of sulfone groups is 1. The molecule has 130 valence electrons. The van der Waals surface area contributed by atoms with Crippen LogP contribution in [0.2, 0.25) is 0 Å². The summed E-state index contributed by atoms with van der Waals surface area (Å²) in [4.78, 5) is 12.7. The van der Waals surface area contributed by atoms with Crippen molar-refractivity contribution < 1.29 is 17.6 Å².